The van der Waals surface area contributed by atoms with Crippen molar-refractivity contribution in [3.05, 3.63) is 0 Å². The van der Waals surface area contributed by atoms with Gasteiger partial charge in [0.05, 0.1) is 12.1 Å². The number of thiocarbonyl (C=S) groups is 1. The molecule has 1 rings (SSSR count). The monoisotopic (exact) mass is 400 g/mol. The number of rotatable bonds is 14. The van der Waals surface area contributed by atoms with Gasteiger partial charge in [0.2, 0.25) is 0 Å². The Kier molecular flexibility index (Phi) is 13.2. The molecule has 0 saturated carbocycles. The summed E-state index contributed by atoms with van der Waals surface area (Å²) in [6.45, 7) is 4.19. The Morgan fingerprint density at radius 2 is 1.59 bits per heavy atom. The number of hydrogen-bond acceptors (Lipinski definition) is 3. The van der Waals surface area contributed by atoms with Crippen molar-refractivity contribution in [3.63, 3.8) is 0 Å². The van der Waals surface area contributed by atoms with Gasteiger partial charge in [-0.05, 0) is 18.6 Å². The molecular weight excluding hydrogens is 360 g/mol. The fourth-order valence-corrected chi connectivity index (χ4v) is 3.69. The number of unbranched alkanes of at least 4 members (excludes halogenated alkanes) is 10. The molecule has 27 heavy (non-hydrogen) atoms. The third-order valence-electron chi connectivity index (χ3n) is 5.26. The van der Waals surface area contributed by atoms with Crippen LogP contribution in [0.4, 0.5) is 4.79 Å². The van der Waals surface area contributed by atoms with E-state index >= 15 is 0 Å². The third-order valence-corrected chi connectivity index (χ3v) is 5.52. The Morgan fingerprint density at radius 1 is 1.04 bits per heavy atom. The highest BCUT2D eigenvalue weighted by Gasteiger charge is 2.34. The summed E-state index contributed by atoms with van der Waals surface area (Å²) >= 11 is 5.00. The second-order valence-corrected chi connectivity index (χ2v) is 7.98. The Morgan fingerprint density at radius 3 is 2.11 bits per heavy atom. The Balaban J connectivity index is 1.97. The Bertz CT molecular complexity index is 423. The summed E-state index contributed by atoms with van der Waals surface area (Å²) in [4.78, 5) is 13.9. The minimum Gasteiger partial charge on any atom is -0.377 e. The van der Waals surface area contributed by atoms with E-state index in [0.717, 1.165) is 6.42 Å². The van der Waals surface area contributed by atoms with Crippen LogP contribution in [0.1, 0.15) is 77.6 Å². The first-order valence-electron chi connectivity index (χ1n) is 10.7. The Hall–Kier alpha value is -1.08. The van der Waals surface area contributed by atoms with Crippen LogP contribution < -0.4 is 16.4 Å². The molecule has 1 fully saturated rings. The second-order valence-electron chi connectivity index (χ2n) is 7.56. The van der Waals surface area contributed by atoms with Crippen LogP contribution in [0, 0.1) is 0 Å². The van der Waals surface area contributed by atoms with E-state index in [9.17, 15) is 4.79 Å². The van der Waals surface area contributed by atoms with Crippen molar-refractivity contribution in [3.8, 4) is 0 Å². The summed E-state index contributed by atoms with van der Waals surface area (Å²) in [5, 5.41) is 6.26. The number of nitrogens with zero attached hydrogens (tertiary/aromatic N) is 1. The number of ether oxygens (including phenoxy) is 1. The summed E-state index contributed by atoms with van der Waals surface area (Å²) in [6.07, 6.45) is 14.3. The lowest BCUT2D eigenvalue weighted by atomic mass is 10.1. The average molecular weight is 401 g/mol. The van der Waals surface area contributed by atoms with Gasteiger partial charge in [0.1, 0.15) is 0 Å². The van der Waals surface area contributed by atoms with Gasteiger partial charge >= 0.3 is 6.03 Å². The van der Waals surface area contributed by atoms with Gasteiger partial charge in [0, 0.05) is 26.7 Å². The van der Waals surface area contributed by atoms with E-state index in [1.807, 2.05) is 4.90 Å². The summed E-state index contributed by atoms with van der Waals surface area (Å²) < 4.78 is 5.42. The summed E-state index contributed by atoms with van der Waals surface area (Å²) in [6, 6.07) is -0.229. The summed E-state index contributed by atoms with van der Waals surface area (Å²) in [5.41, 5.74) is 5.67. The van der Waals surface area contributed by atoms with Gasteiger partial charge in [0.15, 0.2) is 5.11 Å². The first-order valence-corrected chi connectivity index (χ1v) is 11.1. The van der Waals surface area contributed by atoms with Gasteiger partial charge in [-0.2, -0.15) is 0 Å². The predicted octanol–water partition coefficient (Wildman–Crippen LogP) is 3.54. The molecule has 7 heteroatoms. The molecule has 4 N–H and O–H groups in total. The van der Waals surface area contributed by atoms with Crippen LogP contribution in [-0.2, 0) is 4.74 Å². The molecule has 1 aliphatic rings. The first-order chi connectivity index (χ1) is 13.1. The van der Waals surface area contributed by atoms with Gasteiger partial charge in [-0.1, -0.05) is 71.1 Å². The average Bonchev–Trinajstić information content (AvgIpc) is 3.05. The van der Waals surface area contributed by atoms with Crippen molar-refractivity contribution in [1.82, 2.24) is 15.5 Å². The fourth-order valence-electron chi connectivity index (χ4n) is 3.54. The number of nitrogens with two attached hydrogens (primary N) is 1. The van der Waals surface area contributed by atoms with E-state index in [2.05, 4.69) is 17.6 Å². The van der Waals surface area contributed by atoms with Crippen molar-refractivity contribution in [2.24, 2.45) is 5.73 Å². The predicted molar refractivity (Wildman–Crippen MR) is 116 cm³/mol. The van der Waals surface area contributed by atoms with Crippen LogP contribution in [0.2, 0.25) is 0 Å². The quantitative estimate of drug-likeness (QED) is 0.307. The van der Waals surface area contributed by atoms with Crippen molar-refractivity contribution < 1.29 is 9.53 Å². The smallest absolute Gasteiger partial charge is 0.315 e. The van der Waals surface area contributed by atoms with Crippen molar-refractivity contribution in [1.29, 1.82) is 0 Å². The van der Waals surface area contributed by atoms with Crippen LogP contribution in [0.15, 0.2) is 0 Å². The second kappa shape index (κ2) is 14.9. The molecule has 0 unspecified atom stereocenters. The van der Waals surface area contributed by atoms with E-state index in [4.69, 9.17) is 22.7 Å². The van der Waals surface area contributed by atoms with Gasteiger partial charge in [-0.15, -0.1) is 0 Å². The number of likely N-dealkylation sites (tertiary alicyclic amines) is 1. The van der Waals surface area contributed by atoms with Crippen LogP contribution in [-0.4, -0.2) is 54.9 Å². The van der Waals surface area contributed by atoms with E-state index in [0.29, 0.717) is 24.7 Å². The minimum absolute atomic E-state index is 0.0841. The molecule has 0 radical (unpaired) electrons. The van der Waals surface area contributed by atoms with Gasteiger partial charge in [-0.25, -0.2) is 4.79 Å². The largest absolute Gasteiger partial charge is 0.377 e. The van der Waals surface area contributed by atoms with E-state index < -0.39 is 0 Å². The lowest BCUT2D eigenvalue weighted by Gasteiger charge is -2.18. The van der Waals surface area contributed by atoms with Crippen molar-refractivity contribution in [2.75, 3.05) is 26.7 Å². The molecule has 2 atom stereocenters. The number of methoxy groups -OCH3 is 1. The number of amides is 2. The van der Waals surface area contributed by atoms with E-state index in [1.165, 1.54) is 64.2 Å². The van der Waals surface area contributed by atoms with Gasteiger partial charge in [0.25, 0.3) is 0 Å². The SMILES string of the molecule is CCCCCCCCCCCCCNC(=O)N[C@H]1CN(C(N)=S)C[C@@H]1OC. The van der Waals surface area contributed by atoms with E-state index in [-0.39, 0.29) is 18.2 Å². The highest BCUT2D eigenvalue weighted by Crippen LogP contribution is 2.13. The molecule has 1 aliphatic heterocycles. The third kappa shape index (κ3) is 10.7. The van der Waals surface area contributed by atoms with Crippen molar-refractivity contribution >= 4 is 23.4 Å². The van der Waals surface area contributed by atoms with Crippen LogP contribution in [0.5, 0.6) is 0 Å². The highest BCUT2D eigenvalue weighted by atomic mass is 32.1. The lowest BCUT2D eigenvalue weighted by Crippen LogP contribution is -2.48. The molecule has 0 bridgehead atoms. The molecule has 6 nitrogen and oxygen atoms in total. The molecule has 0 aromatic carbocycles. The number of carbonyl (C=O) groups is 1. The number of nitrogens with one attached hydrogen (secondary N) is 2. The normalized spacial score (nSPS) is 19.3. The van der Waals surface area contributed by atoms with Crippen LogP contribution in [0.25, 0.3) is 0 Å². The maximum atomic E-state index is 12.1. The van der Waals surface area contributed by atoms with Gasteiger partial charge < -0.3 is 26.0 Å². The standard InChI is InChI=1S/C20H40N4O2S/c1-3-4-5-6-7-8-9-10-11-12-13-14-22-20(25)23-17-15-24(19(21)27)16-18(17)26-2/h17-18H,3-16H2,1-2H3,(H2,21,27)(H2,22,23,25)/t17-,18-/m0/s1. The molecule has 1 heterocycles. The number of urea groups is 1. The maximum Gasteiger partial charge on any atom is 0.315 e. The lowest BCUT2D eigenvalue weighted by molar-refractivity contribution is 0.0952. The zero-order valence-corrected chi connectivity index (χ0v) is 18.1. The topological polar surface area (TPSA) is 79.6 Å². The summed E-state index contributed by atoms with van der Waals surface area (Å²) in [7, 11) is 1.64. The zero-order valence-electron chi connectivity index (χ0n) is 17.3. The molecule has 1 saturated heterocycles. The van der Waals surface area contributed by atoms with Gasteiger partial charge in [-0.3, -0.25) is 0 Å². The zero-order chi connectivity index (χ0) is 19.9. The molecule has 0 aliphatic carbocycles. The molecular formula is C20H40N4O2S. The molecule has 0 aromatic heterocycles. The first kappa shape index (κ1) is 24.0. The fraction of sp³-hybridized carbons (Fsp3) is 0.900. The molecule has 2 amide bonds. The summed E-state index contributed by atoms with van der Waals surface area (Å²) in [5.74, 6) is 0. The highest BCUT2D eigenvalue weighted by molar-refractivity contribution is 7.80. The minimum atomic E-state index is -0.140. The van der Waals surface area contributed by atoms with Crippen molar-refractivity contribution in [2.45, 2.75) is 89.7 Å². The van der Waals surface area contributed by atoms with E-state index in [1.54, 1.807) is 7.11 Å². The molecule has 0 aromatic rings. The maximum absolute atomic E-state index is 12.1. The molecule has 158 valence electrons. The Labute approximate surface area is 171 Å². The van der Waals surface area contributed by atoms with Crippen LogP contribution >= 0.6 is 12.2 Å². The number of hydrogen-bond donors (Lipinski definition) is 3. The van der Waals surface area contributed by atoms with Crippen LogP contribution in [0.3, 0.4) is 0 Å². The molecule has 0 spiro atoms. The number of carbonyl (C=O) groups excluding carboxylic acids is 1.